The van der Waals surface area contributed by atoms with Crippen LogP contribution in [0.4, 0.5) is 13.2 Å². The fourth-order valence-electron chi connectivity index (χ4n) is 6.74. The van der Waals surface area contributed by atoms with E-state index in [1.165, 1.54) is 31.9 Å². The van der Waals surface area contributed by atoms with Gasteiger partial charge in [0.05, 0.1) is 5.56 Å². The first-order chi connectivity index (χ1) is 19.4. The third-order valence-electron chi connectivity index (χ3n) is 9.02. The molecule has 0 spiro atoms. The normalized spacial score (nSPS) is 26.3. The first-order valence-electron chi connectivity index (χ1n) is 14.1. The van der Waals surface area contributed by atoms with Crippen LogP contribution in [0.5, 0.6) is 5.75 Å². The van der Waals surface area contributed by atoms with Crippen molar-refractivity contribution in [2.24, 2.45) is 5.92 Å². The molecule has 0 radical (unpaired) electrons. The van der Waals surface area contributed by atoms with Crippen LogP contribution < -0.4 is 0 Å². The van der Waals surface area contributed by atoms with Crippen molar-refractivity contribution >= 4 is 11.9 Å². The van der Waals surface area contributed by atoms with Crippen molar-refractivity contribution in [3.8, 4) is 17.6 Å². The van der Waals surface area contributed by atoms with E-state index < -0.39 is 28.7 Å². The number of hydrogen-bond donors (Lipinski definition) is 1. The summed E-state index contributed by atoms with van der Waals surface area (Å²) in [5, 5.41) is 10.4. The van der Waals surface area contributed by atoms with Crippen molar-refractivity contribution in [2.45, 2.75) is 68.7 Å². The van der Waals surface area contributed by atoms with Crippen molar-refractivity contribution in [3.05, 3.63) is 65.2 Å². The number of fused-ring (bicyclic) bond motifs is 1. The number of carbonyl (C=O) groups is 2. The van der Waals surface area contributed by atoms with Gasteiger partial charge in [0, 0.05) is 50.0 Å². The third kappa shape index (κ3) is 6.08. The number of rotatable bonds is 5. The minimum Gasteiger partial charge on any atom is -0.508 e. The van der Waals surface area contributed by atoms with Crippen LogP contribution in [0.25, 0.3) is 0 Å². The lowest BCUT2D eigenvalue weighted by atomic mass is 9.55. The number of aromatic hydroxyl groups is 1. The van der Waals surface area contributed by atoms with Crippen LogP contribution in [-0.2, 0) is 25.9 Å². The lowest BCUT2D eigenvalue weighted by Crippen LogP contribution is -2.68. The van der Waals surface area contributed by atoms with Crippen molar-refractivity contribution in [2.75, 3.05) is 26.7 Å². The first kappa shape index (κ1) is 29.0. The average Bonchev–Trinajstić information content (AvgIpc) is 3.74. The zero-order chi connectivity index (χ0) is 29.4. The Morgan fingerprint density at radius 2 is 1.85 bits per heavy atom. The number of carbonyl (C=O) groups excluding carboxylic acids is 2. The molecule has 6 nitrogen and oxygen atoms in total. The zero-order valence-electron chi connectivity index (χ0n) is 23.3. The third-order valence-corrected chi connectivity index (χ3v) is 9.02. The maximum absolute atomic E-state index is 13.2. The maximum atomic E-state index is 13.2. The number of phenolic OH excluding ortho intramolecular Hbond substituents is 1. The molecule has 3 atom stereocenters. The molecule has 2 saturated carbocycles. The van der Waals surface area contributed by atoms with E-state index in [0.29, 0.717) is 43.7 Å². The molecule has 0 bridgehead atoms. The number of halogens is 3. The highest BCUT2D eigenvalue weighted by Gasteiger charge is 2.61. The van der Waals surface area contributed by atoms with Gasteiger partial charge in [-0.1, -0.05) is 18.1 Å². The summed E-state index contributed by atoms with van der Waals surface area (Å²) in [4.78, 5) is 29.7. The van der Waals surface area contributed by atoms with E-state index in [4.69, 9.17) is 4.74 Å². The quantitative estimate of drug-likeness (QED) is 0.400. The summed E-state index contributed by atoms with van der Waals surface area (Å²) in [7, 11) is 1.69. The molecule has 3 fully saturated rings. The van der Waals surface area contributed by atoms with E-state index in [1.807, 2.05) is 6.07 Å². The Morgan fingerprint density at radius 3 is 2.49 bits per heavy atom. The summed E-state index contributed by atoms with van der Waals surface area (Å²) in [6.45, 7) is 3.81. The van der Waals surface area contributed by atoms with Gasteiger partial charge in [0.1, 0.15) is 11.4 Å². The number of likely N-dealkylation sites (tertiary alicyclic amines) is 1. The van der Waals surface area contributed by atoms with Gasteiger partial charge in [-0.15, -0.1) is 0 Å². The fourth-order valence-corrected chi connectivity index (χ4v) is 6.74. The van der Waals surface area contributed by atoms with E-state index >= 15 is 0 Å². The number of phenols is 1. The first-order valence-corrected chi connectivity index (χ1v) is 14.1. The Kier molecular flexibility index (Phi) is 7.82. The van der Waals surface area contributed by atoms with Crippen LogP contribution in [0.2, 0.25) is 0 Å². The highest BCUT2D eigenvalue weighted by Crippen LogP contribution is 2.55. The van der Waals surface area contributed by atoms with Crippen LogP contribution in [-0.4, -0.2) is 65.1 Å². The molecule has 1 saturated heterocycles. The zero-order valence-corrected chi connectivity index (χ0v) is 23.3. The molecule has 2 aliphatic carbocycles. The van der Waals surface area contributed by atoms with Crippen molar-refractivity contribution in [3.63, 3.8) is 0 Å². The predicted molar refractivity (Wildman–Crippen MR) is 147 cm³/mol. The molecule has 1 amide bonds. The van der Waals surface area contributed by atoms with Crippen LogP contribution in [0, 0.1) is 17.8 Å². The van der Waals surface area contributed by atoms with Gasteiger partial charge in [-0.2, -0.15) is 13.2 Å². The van der Waals surface area contributed by atoms with Gasteiger partial charge in [0.2, 0.25) is 0 Å². The second-order valence-corrected chi connectivity index (χ2v) is 11.8. The van der Waals surface area contributed by atoms with E-state index in [9.17, 15) is 27.9 Å². The van der Waals surface area contributed by atoms with E-state index in [1.54, 1.807) is 30.1 Å². The summed E-state index contributed by atoms with van der Waals surface area (Å²) in [6, 6.07) is 11.3. The number of benzene rings is 2. The van der Waals surface area contributed by atoms with Gasteiger partial charge in [0.25, 0.3) is 5.91 Å². The molecular formula is C32H35F3N2O4. The molecule has 218 valence electrons. The van der Waals surface area contributed by atoms with Gasteiger partial charge in [-0.25, -0.2) is 0 Å². The highest BCUT2D eigenvalue weighted by atomic mass is 19.4. The number of nitrogens with zero attached hydrogens (tertiary/aromatic N) is 2. The number of ether oxygens (including phenoxy) is 1. The van der Waals surface area contributed by atoms with Gasteiger partial charge in [-0.05, 0) is 92.9 Å². The largest absolute Gasteiger partial charge is 0.508 e. The minimum absolute atomic E-state index is 0.128. The number of amides is 1. The average molecular weight is 569 g/mol. The highest BCUT2D eigenvalue weighted by molar-refractivity contribution is 5.94. The molecule has 1 N–H and O–H groups in total. The second-order valence-electron chi connectivity index (χ2n) is 11.8. The van der Waals surface area contributed by atoms with Crippen LogP contribution in [0.15, 0.2) is 48.5 Å². The Labute approximate surface area is 238 Å². The lowest BCUT2D eigenvalue weighted by molar-refractivity contribution is -0.190. The number of esters is 1. The molecule has 2 aromatic carbocycles. The monoisotopic (exact) mass is 568 g/mol. The van der Waals surface area contributed by atoms with Gasteiger partial charge >= 0.3 is 12.1 Å². The predicted octanol–water partition coefficient (Wildman–Crippen LogP) is 5.13. The minimum atomic E-state index is -4.44. The molecule has 5 rings (SSSR count). The van der Waals surface area contributed by atoms with E-state index in [-0.39, 0.29) is 17.8 Å². The van der Waals surface area contributed by atoms with E-state index in [0.717, 1.165) is 30.8 Å². The molecule has 1 aliphatic heterocycles. The summed E-state index contributed by atoms with van der Waals surface area (Å²) < 4.78 is 44.9. The summed E-state index contributed by atoms with van der Waals surface area (Å²) >= 11 is 0. The number of piperidine rings is 1. The SMILES string of the molecule is CC(=O)O[C@]12CC[C@H](N(C)C(=O)C#Cc3ccc(C(F)(F)F)cc3)C[C@]1(c1cccc(O)c1)CCN(CC1CC1)C2. The van der Waals surface area contributed by atoms with Crippen molar-refractivity contribution in [1.82, 2.24) is 9.80 Å². The van der Waals surface area contributed by atoms with Crippen molar-refractivity contribution in [1.29, 1.82) is 0 Å². The molecule has 2 aromatic rings. The summed E-state index contributed by atoms with van der Waals surface area (Å²) in [5.74, 6) is 5.30. The summed E-state index contributed by atoms with van der Waals surface area (Å²) in [6.07, 6.45) is 0.350. The standard InChI is InChI=1S/C32H35F3N2O4/c1-22(38)41-31-15-14-27(36(2)29(40)13-10-23-8-11-25(12-9-23)32(33,34)35)19-30(31,26-4-3-5-28(39)18-26)16-17-37(21-31)20-24-6-7-24/h3-5,8-9,11-12,18,24,27,39H,6-7,14-17,19-21H2,1-2H3/t27-,30-,31-/m0/s1. The Hall–Kier alpha value is -3.51. The number of alkyl halides is 3. The summed E-state index contributed by atoms with van der Waals surface area (Å²) in [5.41, 5.74) is -1.02. The lowest BCUT2D eigenvalue weighted by Gasteiger charge is -2.60. The second kappa shape index (κ2) is 11.1. The van der Waals surface area contributed by atoms with Gasteiger partial charge in [0.15, 0.2) is 0 Å². The van der Waals surface area contributed by atoms with E-state index in [2.05, 4.69) is 16.7 Å². The molecule has 1 heterocycles. The fraction of sp³-hybridized carbons (Fsp3) is 0.500. The number of hydrogen-bond acceptors (Lipinski definition) is 5. The van der Waals surface area contributed by atoms with Gasteiger partial charge < -0.3 is 14.7 Å². The van der Waals surface area contributed by atoms with Crippen LogP contribution >= 0.6 is 0 Å². The molecule has 41 heavy (non-hydrogen) atoms. The maximum Gasteiger partial charge on any atom is 0.416 e. The molecule has 3 aliphatic rings. The molecule has 0 aromatic heterocycles. The molecule has 9 heteroatoms. The van der Waals surface area contributed by atoms with Crippen molar-refractivity contribution < 1.29 is 32.6 Å². The van der Waals surface area contributed by atoms with Crippen LogP contribution in [0.3, 0.4) is 0 Å². The van der Waals surface area contributed by atoms with Gasteiger partial charge in [-0.3, -0.25) is 14.5 Å². The van der Waals surface area contributed by atoms with Crippen LogP contribution in [0.1, 0.15) is 62.1 Å². The molecular weight excluding hydrogens is 533 g/mol. The smallest absolute Gasteiger partial charge is 0.416 e. The Bertz CT molecular complexity index is 1360. The Balaban J connectivity index is 1.42. The molecule has 0 unspecified atom stereocenters. The topological polar surface area (TPSA) is 70.1 Å². The Morgan fingerprint density at radius 1 is 1.12 bits per heavy atom.